The number of pyridine rings is 1. The molecule has 1 saturated heterocycles. The number of likely N-dealkylation sites (tertiary alicyclic amines) is 1. The predicted octanol–water partition coefficient (Wildman–Crippen LogP) is 5.53. The molecule has 1 aliphatic rings. The van der Waals surface area contributed by atoms with E-state index in [4.69, 9.17) is 4.74 Å². The van der Waals surface area contributed by atoms with Crippen molar-refractivity contribution in [3.63, 3.8) is 0 Å². The smallest absolute Gasteiger partial charge is 0.321 e. The van der Waals surface area contributed by atoms with Crippen LogP contribution >= 0.6 is 0 Å². The zero-order valence-corrected chi connectivity index (χ0v) is 17.6. The zero-order chi connectivity index (χ0) is 20.6. The summed E-state index contributed by atoms with van der Waals surface area (Å²) in [6, 6.07) is 12.0. The van der Waals surface area contributed by atoms with Gasteiger partial charge in [0.1, 0.15) is 5.75 Å². The summed E-state index contributed by atoms with van der Waals surface area (Å²) in [6.45, 7) is 8.46. The van der Waals surface area contributed by atoms with Gasteiger partial charge in [-0.1, -0.05) is 44.1 Å². The van der Waals surface area contributed by atoms with Crippen LogP contribution in [-0.2, 0) is 0 Å². The number of hydrogen-bond acceptors (Lipinski definition) is 3. The number of aromatic nitrogens is 1. The fraction of sp³-hybridized carbons (Fsp3) is 0.417. The maximum absolute atomic E-state index is 12.6. The number of nitrogens with one attached hydrogen (secondary N) is 1. The Balaban J connectivity index is 1.58. The number of benzene rings is 1. The number of piperidine rings is 1. The van der Waals surface area contributed by atoms with Crippen molar-refractivity contribution in [3.05, 3.63) is 59.4 Å². The molecule has 5 nitrogen and oxygen atoms in total. The van der Waals surface area contributed by atoms with Crippen LogP contribution in [0.3, 0.4) is 0 Å². The molecule has 1 aromatic heterocycles. The first kappa shape index (κ1) is 20.9. The van der Waals surface area contributed by atoms with Gasteiger partial charge in [-0.15, -0.1) is 0 Å². The molecule has 154 valence electrons. The Morgan fingerprint density at radius 1 is 1.34 bits per heavy atom. The highest BCUT2D eigenvalue weighted by Gasteiger charge is 2.24. The molecule has 2 heterocycles. The van der Waals surface area contributed by atoms with E-state index in [0.29, 0.717) is 19.0 Å². The number of anilines is 1. The summed E-state index contributed by atoms with van der Waals surface area (Å²) >= 11 is 0. The van der Waals surface area contributed by atoms with E-state index in [1.807, 2.05) is 36.1 Å². The van der Waals surface area contributed by atoms with E-state index in [1.54, 1.807) is 6.20 Å². The first-order chi connectivity index (χ1) is 14.0. The summed E-state index contributed by atoms with van der Waals surface area (Å²) in [4.78, 5) is 18.7. The Bertz CT molecular complexity index is 845. The molecule has 3 rings (SSSR count). The van der Waals surface area contributed by atoms with Gasteiger partial charge in [0.2, 0.25) is 0 Å². The lowest BCUT2D eigenvalue weighted by Crippen LogP contribution is -2.42. The van der Waals surface area contributed by atoms with Gasteiger partial charge in [-0.05, 0) is 55.5 Å². The summed E-state index contributed by atoms with van der Waals surface area (Å²) in [7, 11) is 0. The molecule has 0 spiro atoms. The summed E-state index contributed by atoms with van der Waals surface area (Å²) in [5.74, 6) is 1.24. The molecule has 2 amide bonds. The van der Waals surface area contributed by atoms with Crippen molar-refractivity contribution in [2.45, 2.75) is 40.0 Å². The lowest BCUT2D eigenvalue weighted by Gasteiger charge is -2.33. The SMILES string of the molecule is CCCCOc1cccc(C=C2CCN(C(=O)Nc3ccc(C)nc3)CC2C)c1. The molecule has 2 aromatic rings. The van der Waals surface area contributed by atoms with E-state index in [9.17, 15) is 4.79 Å². The quantitative estimate of drug-likeness (QED) is 0.657. The van der Waals surface area contributed by atoms with E-state index in [-0.39, 0.29) is 6.03 Å². The standard InChI is InChI=1S/C24H31N3O2/c1-4-5-13-29-23-8-6-7-20(15-23)14-21-11-12-27(17-18(21)2)24(28)26-22-10-9-19(3)25-16-22/h6-10,14-16,18H,4-5,11-13,17H2,1-3H3,(H,26,28). The van der Waals surface area contributed by atoms with Crippen molar-refractivity contribution in [2.75, 3.05) is 25.0 Å². The molecular formula is C24H31N3O2. The molecule has 29 heavy (non-hydrogen) atoms. The third-order valence-corrected chi connectivity index (χ3v) is 5.22. The van der Waals surface area contributed by atoms with Crippen molar-refractivity contribution >= 4 is 17.8 Å². The number of carbonyl (C=O) groups excluding carboxylic acids is 1. The van der Waals surface area contributed by atoms with Crippen LogP contribution in [-0.4, -0.2) is 35.6 Å². The van der Waals surface area contributed by atoms with Gasteiger partial charge < -0.3 is 15.0 Å². The summed E-state index contributed by atoms with van der Waals surface area (Å²) < 4.78 is 5.82. The average Bonchev–Trinajstić information content (AvgIpc) is 2.72. The van der Waals surface area contributed by atoms with Crippen LogP contribution in [0.2, 0.25) is 0 Å². The Hall–Kier alpha value is -2.82. The number of nitrogens with zero attached hydrogens (tertiary/aromatic N) is 2. The lowest BCUT2D eigenvalue weighted by molar-refractivity contribution is 0.198. The van der Waals surface area contributed by atoms with Crippen molar-refractivity contribution < 1.29 is 9.53 Å². The first-order valence-corrected chi connectivity index (χ1v) is 10.5. The highest BCUT2D eigenvalue weighted by atomic mass is 16.5. The molecule has 0 saturated carbocycles. The molecule has 1 unspecified atom stereocenters. The Kier molecular flexibility index (Phi) is 7.28. The van der Waals surface area contributed by atoms with Gasteiger partial charge in [-0.3, -0.25) is 4.98 Å². The van der Waals surface area contributed by atoms with Gasteiger partial charge in [0.25, 0.3) is 0 Å². The van der Waals surface area contributed by atoms with Gasteiger partial charge in [0, 0.05) is 18.8 Å². The van der Waals surface area contributed by atoms with Crippen LogP contribution in [0.5, 0.6) is 5.75 Å². The minimum Gasteiger partial charge on any atom is -0.494 e. The van der Waals surface area contributed by atoms with Gasteiger partial charge in [-0.25, -0.2) is 4.79 Å². The molecule has 0 radical (unpaired) electrons. The van der Waals surface area contributed by atoms with Crippen molar-refractivity contribution in [1.82, 2.24) is 9.88 Å². The van der Waals surface area contributed by atoms with Crippen LogP contribution < -0.4 is 10.1 Å². The normalized spacial score (nSPS) is 18.0. The van der Waals surface area contributed by atoms with Gasteiger partial charge in [0.05, 0.1) is 18.5 Å². The Labute approximate surface area is 173 Å². The fourth-order valence-electron chi connectivity index (χ4n) is 3.44. The molecule has 1 fully saturated rings. The van der Waals surface area contributed by atoms with Gasteiger partial charge in [-0.2, -0.15) is 0 Å². The number of hydrogen-bond donors (Lipinski definition) is 1. The number of rotatable bonds is 6. The molecule has 5 heteroatoms. The average molecular weight is 394 g/mol. The number of urea groups is 1. The molecule has 1 aromatic carbocycles. The molecule has 1 N–H and O–H groups in total. The second-order valence-corrected chi connectivity index (χ2v) is 7.71. The van der Waals surface area contributed by atoms with Gasteiger partial charge in [0.15, 0.2) is 0 Å². The maximum atomic E-state index is 12.6. The number of unbranched alkanes of at least 4 members (excludes halogenated alkanes) is 1. The topological polar surface area (TPSA) is 54.5 Å². The van der Waals surface area contributed by atoms with E-state index in [0.717, 1.165) is 48.6 Å². The van der Waals surface area contributed by atoms with Crippen LogP contribution in [0, 0.1) is 12.8 Å². The van der Waals surface area contributed by atoms with Crippen molar-refractivity contribution in [2.24, 2.45) is 5.92 Å². The minimum atomic E-state index is -0.0622. The van der Waals surface area contributed by atoms with Crippen LogP contribution in [0.4, 0.5) is 10.5 Å². The Morgan fingerprint density at radius 3 is 2.93 bits per heavy atom. The van der Waals surface area contributed by atoms with Crippen LogP contribution in [0.25, 0.3) is 6.08 Å². The minimum absolute atomic E-state index is 0.0622. The highest BCUT2D eigenvalue weighted by Crippen LogP contribution is 2.26. The number of amides is 2. The molecule has 0 bridgehead atoms. The largest absolute Gasteiger partial charge is 0.494 e. The monoisotopic (exact) mass is 393 g/mol. The zero-order valence-electron chi connectivity index (χ0n) is 17.6. The fourth-order valence-corrected chi connectivity index (χ4v) is 3.44. The van der Waals surface area contributed by atoms with Gasteiger partial charge >= 0.3 is 6.03 Å². The summed E-state index contributed by atoms with van der Waals surface area (Å²) in [5.41, 5.74) is 4.19. The second-order valence-electron chi connectivity index (χ2n) is 7.71. The highest BCUT2D eigenvalue weighted by molar-refractivity contribution is 5.89. The molecular weight excluding hydrogens is 362 g/mol. The molecule has 1 atom stereocenters. The number of aryl methyl sites for hydroxylation is 1. The lowest BCUT2D eigenvalue weighted by atomic mass is 9.91. The third-order valence-electron chi connectivity index (χ3n) is 5.22. The molecule has 1 aliphatic heterocycles. The van der Waals surface area contributed by atoms with E-state index in [1.165, 1.54) is 5.57 Å². The summed E-state index contributed by atoms with van der Waals surface area (Å²) in [6.07, 6.45) is 7.02. The first-order valence-electron chi connectivity index (χ1n) is 10.5. The predicted molar refractivity (Wildman–Crippen MR) is 118 cm³/mol. The van der Waals surface area contributed by atoms with Crippen LogP contribution in [0.15, 0.2) is 48.2 Å². The molecule has 0 aliphatic carbocycles. The van der Waals surface area contributed by atoms with E-state index < -0.39 is 0 Å². The van der Waals surface area contributed by atoms with E-state index in [2.05, 4.69) is 42.4 Å². The Morgan fingerprint density at radius 2 is 2.21 bits per heavy atom. The third kappa shape index (κ3) is 6.08. The van der Waals surface area contributed by atoms with Crippen LogP contribution in [0.1, 0.15) is 44.4 Å². The van der Waals surface area contributed by atoms with E-state index >= 15 is 0 Å². The maximum Gasteiger partial charge on any atom is 0.321 e. The second kappa shape index (κ2) is 10.1. The van der Waals surface area contributed by atoms with Crippen molar-refractivity contribution in [3.8, 4) is 5.75 Å². The number of carbonyl (C=O) groups is 1. The number of ether oxygens (including phenoxy) is 1. The summed E-state index contributed by atoms with van der Waals surface area (Å²) in [5, 5.41) is 2.94. The van der Waals surface area contributed by atoms with Crippen molar-refractivity contribution in [1.29, 1.82) is 0 Å².